The minimum atomic E-state index is 0.598. The van der Waals surface area contributed by atoms with Crippen molar-refractivity contribution < 1.29 is 0 Å². The van der Waals surface area contributed by atoms with E-state index in [0.29, 0.717) is 16.5 Å². The largest absolute Gasteiger partial charge is 0.384 e. The monoisotopic (exact) mass is 222 g/mol. The normalized spacial score (nSPS) is 11.9. The topological polar surface area (TPSA) is 35.8 Å². The fourth-order valence-corrected chi connectivity index (χ4v) is 1.36. The van der Waals surface area contributed by atoms with Gasteiger partial charge < -0.3 is 5.32 Å². The van der Waals surface area contributed by atoms with Crippen molar-refractivity contribution in [1.82, 2.24) is 0 Å². The molecule has 1 aromatic rings. The lowest BCUT2D eigenvalue weighted by atomic mass is 10.1. The van der Waals surface area contributed by atoms with Crippen LogP contribution in [0.15, 0.2) is 18.2 Å². The Labute approximate surface area is 95.9 Å². The van der Waals surface area contributed by atoms with Crippen LogP contribution in [0.2, 0.25) is 5.02 Å². The van der Waals surface area contributed by atoms with Gasteiger partial charge in [-0.1, -0.05) is 31.9 Å². The van der Waals surface area contributed by atoms with Gasteiger partial charge in [0.15, 0.2) is 0 Å². The minimum absolute atomic E-state index is 0.598. The molecule has 0 radical (unpaired) electrons. The predicted molar refractivity (Wildman–Crippen MR) is 64.1 cm³/mol. The van der Waals surface area contributed by atoms with Gasteiger partial charge in [0.25, 0.3) is 0 Å². The quantitative estimate of drug-likeness (QED) is 0.844. The van der Waals surface area contributed by atoms with Crippen molar-refractivity contribution in [3.8, 4) is 6.07 Å². The van der Waals surface area contributed by atoms with Gasteiger partial charge in [0.2, 0.25) is 0 Å². The Hall–Kier alpha value is -1.20. The molecule has 1 rings (SSSR count). The van der Waals surface area contributed by atoms with Crippen molar-refractivity contribution in [3.63, 3.8) is 0 Å². The first-order valence-corrected chi connectivity index (χ1v) is 5.48. The molecule has 80 valence electrons. The Morgan fingerprint density at radius 3 is 2.87 bits per heavy atom. The number of nitriles is 1. The van der Waals surface area contributed by atoms with Crippen molar-refractivity contribution in [2.45, 2.75) is 20.3 Å². The fourth-order valence-electron chi connectivity index (χ4n) is 1.19. The van der Waals surface area contributed by atoms with Gasteiger partial charge in [-0.15, -0.1) is 0 Å². The molecule has 3 heteroatoms. The van der Waals surface area contributed by atoms with Crippen LogP contribution in [0, 0.1) is 17.2 Å². The molecule has 0 saturated carbocycles. The lowest BCUT2D eigenvalue weighted by Crippen LogP contribution is -2.11. The summed E-state index contributed by atoms with van der Waals surface area (Å²) in [6.45, 7) is 5.21. The summed E-state index contributed by atoms with van der Waals surface area (Å²) in [5, 5.41) is 12.8. The highest BCUT2D eigenvalue weighted by Gasteiger charge is 2.04. The van der Waals surface area contributed by atoms with Crippen LogP contribution in [0.1, 0.15) is 25.8 Å². The van der Waals surface area contributed by atoms with E-state index < -0.39 is 0 Å². The molecule has 0 saturated heterocycles. The smallest absolute Gasteiger partial charge is 0.101 e. The zero-order chi connectivity index (χ0) is 11.3. The van der Waals surface area contributed by atoms with E-state index in [4.69, 9.17) is 16.9 Å². The maximum atomic E-state index is 8.92. The molecule has 15 heavy (non-hydrogen) atoms. The van der Waals surface area contributed by atoms with Crippen LogP contribution in [0.4, 0.5) is 5.69 Å². The summed E-state index contributed by atoms with van der Waals surface area (Å²) in [5.41, 5.74) is 1.47. The van der Waals surface area contributed by atoms with Crippen LogP contribution < -0.4 is 5.32 Å². The summed E-state index contributed by atoms with van der Waals surface area (Å²) in [5.74, 6) is 0.604. The third-order valence-electron chi connectivity index (χ3n) is 2.44. The number of benzene rings is 1. The second kappa shape index (κ2) is 5.63. The van der Waals surface area contributed by atoms with Crippen molar-refractivity contribution in [2.24, 2.45) is 5.92 Å². The lowest BCUT2D eigenvalue weighted by molar-refractivity contribution is 0.593. The van der Waals surface area contributed by atoms with E-state index in [1.807, 2.05) is 6.07 Å². The van der Waals surface area contributed by atoms with E-state index in [1.54, 1.807) is 12.1 Å². The molecule has 1 atom stereocenters. The summed E-state index contributed by atoms with van der Waals surface area (Å²) in [4.78, 5) is 0. The third kappa shape index (κ3) is 3.45. The van der Waals surface area contributed by atoms with Crippen LogP contribution >= 0.6 is 11.6 Å². The van der Waals surface area contributed by atoms with Gasteiger partial charge in [0.1, 0.15) is 6.07 Å². The number of nitrogens with one attached hydrogen (secondary N) is 1. The second-order valence-electron chi connectivity index (χ2n) is 3.70. The maximum absolute atomic E-state index is 8.92. The molecule has 1 unspecified atom stereocenters. The number of hydrogen-bond acceptors (Lipinski definition) is 2. The highest BCUT2D eigenvalue weighted by atomic mass is 35.5. The number of hydrogen-bond donors (Lipinski definition) is 1. The predicted octanol–water partition coefficient (Wildman–Crippen LogP) is 3.67. The van der Waals surface area contributed by atoms with Gasteiger partial charge in [-0.2, -0.15) is 5.26 Å². The van der Waals surface area contributed by atoms with Gasteiger partial charge in [0.05, 0.1) is 11.3 Å². The molecular weight excluding hydrogens is 208 g/mol. The Bertz CT molecular complexity index is 368. The summed E-state index contributed by atoms with van der Waals surface area (Å²) >= 11 is 5.81. The van der Waals surface area contributed by atoms with Crippen molar-refractivity contribution >= 4 is 17.3 Å². The second-order valence-corrected chi connectivity index (χ2v) is 4.13. The summed E-state index contributed by atoms with van der Waals surface area (Å²) in [6, 6.07) is 7.46. The molecule has 0 aliphatic rings. The molecule has 1 aromatic carbocycles. The van der Waals surface area contributed by atoms with E-state index in [9.17, 15) is 0 Å². The molecule has 0 fully saturated rings. The minimum Gasteiger partial charge on any atom is -0.384 e. The molecule has 1 N–H and O–H groups in total. The van der Waals surface area contributed by atoms with Gasteiger partial charge >= 0.3 is 0 Å². The molecule has 0 heterocycles. The average Bonchev–Trinajstić information content (AvgIpc) is 2.26. The number of anilines is 1. The van der Waals surface area contributed by atoms with Crippen molar-refractivity contribution in [1.29, 1.82) is 5.26 Å². The van der Waals surface area contributed by atoms with Gasteiger partial charge in [-0.25, -0.2) is 0 Å². The van der Waals surface area contributed by atoms with E-state index >= 15 is 0 Å². The number of nitrogens with zero attached hydrogens (tertiary/aromatic N) is 1. The molecule has 0 aliphatic carbocycles. The zero-order valence-electron chi connectivity index (χ0n) is 9.05. The van der Waals surface area contributed by atoms with E-state index in [2.05, 4.69) is 25.2 Å². The first kappa shape index (κ1) is 11.9. The molecule has 2 nitrogen and oxygen atoms in total. The number of rotatable bonds is 4. The summed E-state index contributed by atoms with van der Waals surface area (Å²) in [6.07, 6.45) is 1.13. The fraction of sp³-hybridized carbons (Fsp3) is 0.417. The van der Waals surface area contributed by atoms with Crippen LogP contribution in [0.25, 0.3) is 0 Å². The first-order chi connectivity index (χ1) is 7.17. The van der Waals surface area contributed by atoms with Crippen LogP contribution in [0.5, 0.6) is 0 Å². The SMILES string of the molecule is CCC(C)CNc1ccc(Cl)cc1C#N. The number of halogens is 1. The van der Waals surface area contributed by atoms with Gasteiger partial charge in [-0.05, 0) is 24.1 Å². The molecule has 0 bridgehead atoms. The molecule has 0 aliphatic heterocycles. The molecule has 0 spiro atoms. The highest BCUT2D eigenvalue weighted by molar-refractivity contribution is 6.30. The molecular formula is C12H15ClN2. The summed E-state index contributed by atoms with van der Waals surface area (Å²) < 4.78 is 0. The van der Waals surface area contributed by atoms with Crippen molar-refractivity contribution in [3.05, 3.63) is 28.8 Å². The Morgan fingerprint density at radius 2 is 2.27 bits per heavy atom. The highest BCUT2D eigenvalue weighted by Crippen LogP contribution is 2.20. The molecule has 0 aromatic heterocycles. The Balaban J connectivity index is 2.73. The van der Waals surface area contributed by atoms with Gasteiger partial charge in [0, 0.05) is 11.6 Å². The van der Waals surface area contributed by atoms with Crippen molar-refractivity contribution in [2.75, 3.05) is 11.9 Å². The van der Waals surface area contributed by atoms with Crippen LogP contribution in [-0.2, 0) is 0 Å². The third-order valence-corrected chi connectivity index (χ3v) is 2.68. The average molecular weight is 223 g/mol. The lowest BCUT2D eigenvalue weighted by Gasteiger charge is -2.12. The summed E-state index contributed by atoms with van der Waals surface area (Å²) in [7, 11) is 0. The van der Waals surface area contributed by atoms with Crippen LogP contribution in [-0.4, -0.2) is 6.54 Å². The van der Waals surface area contributed by atoms with E-state index in [0.717, 1.165) is 18.7 Å². The standard InChI is InChI=1S/C12H15ClN2/c1-3-9(2)8-15-12-5-4-11(13)6-10(12)7-14/h4-6,9,15H,3,8H2,1-2H3. The van der Waals surface area contributed by atoms with E-state index in [1.165, 1.54) is 0 Å². The van der Waals surface area contributed by atoms with E-state index in [-0.39, 0.29) is 0 Å². The molecule has 0 amide bonds. The Kier molecular flexibility index (Phi) is 4.45. The van der Waals surface area contributed by atoms with Gasteiger partial charge in [-0.3, -0.25) is 0 Å². The Morgan fingerprint density at radius 1 is 1.53 bits per heavy atom. The zero-order valence-corrected chi connectivity index (χ0v) is 9.80. The maximum Gasteiger partial charge on any atom is 0.101 e. The van der Waals surface area contributed by atoms with Crippen LogP contribution in [0.3, 0.4) is 0 Å². The first-order valence-electron chi connectivity index (χ1n) is 5.11.